The molecule has 4 amide bonds. The van der Waals surface area contributed by atoms with Crippen LogP contribution in [0.15, 0.2) is 54.6 Å². The fraction of sp³-hybridized carbons (Fsp3) is 0.590. The summed E-state index contributed by atoms with van der Waals surface area (Å²) in [4.78, 5) is 64.4. The maximum Gasteiger partial charge on any atom is 0.246 e. The first kappa shape index (κ1) is 34.5. The number of benzene rings is 2. The van der Waals surface area contributed by atoms with Crippen molar-refractivity contribution < 1.29 is 23.9 Å². The van der Waals surface area contributed by atoms with E-state index in [2.05, 4.69) is 15.5 Å². The Balaban J connectivity index is 1.12. The van der Waals surface area contributed by atoms with Crippen molar-refractivity contribution in [3.8, 4) is 5.75 Å². The predicted molar refractivity (Wildman–Crippen MR) is 189 cm³/mol. The molecule has 0 aliphatic carbocycles. The summed E-state index contributed by atoms with van der Waals surface area (Å²) in [6.45, 7) is 4.75. The lowest BCUT2D eigenvalue weighted by Gasteiger charge is -2.42. The van der Waals surface area contributed by atoms with Crippen molar-refractivity contribution >= 4 is 23.6 Å². The first-order chi connectivity index (χ1) is 24.4. The summed E-state index contributed by atoms with van der Waals surface area (Å²) in [5.41, 5.74) is 2.09. The van der Waals surface area contributed by atoms with Crippen LogP contribution in [-0.2, 0) is 32.3 Å². The van der Waals surface area contributed by atoms with Crippen molar-refractivity contribution in [2.45, 2.75) is 88.6 Å². The van der Waals surface area contributed by atoms with E-state index in [0.29, 0.717) is 65.1 Å². The Hall–Kier alpha value is -3.96. The van der Waals surface area contributed by atoms with Crippen LogP contribution in [0.25, 0.3) is 0 Å². The number of carbonyl (C=O) groups is 4. The number of nitrogens with zero attached hydrogens (tertiary/aromatic N) is 4. The molecule has 5 atom stereocenters. The molecule has 0 unspecified atom stereocenters. The van der Waals surface area contributed by atoms with Crippen LogP contribution in [-0.4, -0.2) is 114 Å². The van der Waals surface area contributed by atoms with Gasteiger partial charge < -0.3 is 30.1 Å². The molecule has 0 radical (unpaired) electrons. The Morgan fingerprint density at radius 3 is 2.40 bits per heavy atom. The number of amides is 4. The molecule has 0 aromatic heterocycles. The van der Waals surface area contributed by atoms with Gasteiger partial charge in [-0.05, 0) is 80.2 Å². The number of fused-ring (bicyclic) bond motifs is 3. The van der Waals surface area contributed by atoms with Crippen LogP contribution in [0.5, 0.6) is 5.75 Å². The highest BCUT2D eigenvalue weighted by atomic mass is 16.5. The van der Waals surface area contributed by atoms with Gasteiger partial charge in [0, 0.05) is 70.7 Å². The lowest BCUT2D eigenvalue weighted by molar-refractivity contribution is -0.146. The number of hydrogen-bond acceptors (Lipinski definition) is 7. The molecular formula is C39H52N6O5. The second-order valence-electron chi connectivity index (χ2n) is 14.9. The van der Waals surface area contributed by atoms with Gasteiger partial charge in [0.25, 0.3) is 0 Å². The number of methoxy groups -OCH3 is 1. The maximum atomic E-state index is 14.4. The van der Waals surface area contributed by atoms with Crippen LogP contribution in [0.2, 0.25) is 0 Å². The molecule has 0 saturated carbocycles. The molecule has 268 valence electrons. The van der Waals surface area contributed by atoms with E-state index in [-0.39, 0.29) is 60.0 Å². The van der Waals surface area contributed by atoms with Crippen LogP contribution in [0.1, 0.15) is 62.5 Å². The largest absolute Gasteiger partial charge is 0.497 e. The van der Waals surface area contributed by atoms with Crippen molar-refractivity contribution in [2.75, 3.05) is 46.4 Å². The third kappa shape index (κ3) is 7.54. The smallest absolute Gasteiger partial charge is 0.246 e. The summed E-state index contributed by atoms with van der Waals surface area (Å²) in [6.07, 6.45) is 5.39. The number of carbonyl (C=O) groups excluding carboxylic acids is 4. The van der Waals surface area contributed by atoms with Crippen LogP contribution in [0.4, 0.5) is 0 Å². The molecule has 6 aliphatic rings. The molecule has 11 heteroatoms. The summed E-state index contributed by atoms with van der Waals surface area (Å²) >= 11 is 0. The summed E-state index contributed by atoms with van der Waals surface area (Å²) in [5.74, 6) is 0.667. The van der Waals surface area contributed by atoms with E-state index in [9.17, 15) is 19.2 Å². The lowest BCUT2D eigenvalue weighted by atomic mass is 9.80. The van der Waals surface area contributed by atoms with E-state index in [1.165, 1.54) is 0 Å². The first-order valence-corrected chi connectivity index (χ1v) is 18.7. The molecule has 2 N–H and O–H groups in total. The van der Waals surface area contributed by atoms with Crippen LogP contribution >= 0.6 is 0 Å². The minimum absolute atomic E-state index is 0.0171. The number of piperidine rings is 2. The fourth-order valence-electron chi connectivity index (χ4n) is 9.16. The van der Waals surface area contributed by atoms with E-state index < -0.39 is 6.04 Å². The van der Waals surface area contributed by atoms with Crippen molar-refractivity contribution in [3.63, 3.8) is 0 Å². The molecule has 2 aromatic rings. The zero-order valence-electron chi connectivity index (χ0n) is 29.3. The van der Waals surface area contributed by atoms with Gasteiger partial charge in [-0.3, -0.25) is 24.1 Å². The molecule has 2 aromatic carbocycles. The quantitative estimate of drug-likeness (QED) is 0.440. The average molecular weight is 685 g/mol. The number of rotatable bonds is 8. The van der Waals surface area contributed by atoms with Crippen LogP contribution in [0.3, 0.4) is 0 Å². The number of nitrogens with one attached hydrogen (secondary N) is 2. The summed E-state index contributed by atoms with van der Waals surface area (Å²) in [5, 5.41) is 6.71. The summed E-state index contributed by atoms with van der Waals surface area (Å²) < 4.78 is 5.42. The maximum absolute atomic E-state index is 14.4. The molecule has 6 fully saturated rings. The molecule has 6 aliphatic heterocycles. The van der Waals surface area contributed by atoms with Gasteiger partial charge >= 0.3 is 0 Å². The van der Waals surface area contributed by atoms with E-state index in [0.717, 1.165) is 49.1 Å². The fourth-order valence-corrected chi connectivity index (χ4v) is 9.16. The monoisotopic (exact) mass is 684 g/mol. The first-order valence-electron chi connectivity index (χ1n) is 18.7. The van der Waals surface area contributed by atoms with Crippen LogP contribution in [0, 0.1) is 11.8 Å². The minimum atomic E-state index is -0.594. The van der Waals surface area contributed by atoms with Gasteiger partial charge in [-0.1, -0.05) is 42.5 Å². The molecule has 4 bridgehead atoms. The third-order valence-corrected chi connectivity index (χ3v) is 11.9. The molecule has 6 saturated heterocycles. The Labute approximate surface area is 295 Å². The Bertz CT molecular complexity index is 1530. The van der Waals surface area contributed by atoms with Gasteiger partial charge in [-0.25, -0.2) is 0 Å². The molecule has 0 spiro atoms. The molecule has 6 heterocycles. The highest BCUT2D eigenvalue weighted by Crippen LogP contribution is 2.35. The van der Waals surface area contributed by atoms with Crippen molar-refractivity contribution in [1.82, 2.24) is 30.2 Å². The predicted octanol–water partition coefficient (Wildman–Crippen LogP) is 2.78. The second-order valence-corrected chi connectivity index (χ2v) is 14.9. The SMILES string of the molecule is COc1cccc(CN[C@@H]2CCN3C(=O)C[C@H]4CN(CC[C@H]4CC(=O)NCc4ccccc4)C(=O)[C@@H]4CCCN4C4CCN(CC4)C(=O)[C@H]23)c1. The molecule has 11 nitrogen and oxygen atoms in total. The topological polar surface area (TPSA) is 115 Å². The van der Waals surface area contributed by atoms with E-state index in [4.69, 9.17) is 4.74 Å². The van der Waals surface area contributed by atoms with Gasteiger partial charge in [-0.2, -0.15) is 0 Å². The Morgan fingerprint density at radius 1 is 0.820 bits per heavy atom. The molecule has 50 heavy (non-hydrogen) atoms. The van der Waals surface area contributed by atoms with Gasteiger partial charge in [-0.15, -0.1) is 0 Å². The van der Waals surface area contributed by atoms with Crippen LogP contribution < -0.4 is 15.4 Å². The minimum Gasteiger partial charge on any atom is -0.497 e. The Morgan fingerprint density at radius 2 is 1.60 bits per heavy atom. The zero-order chi connectivity index (χ0) is 34.6. The van der Waals surface area contributed by atoms with E-state index in [1.807, 2.05) is 69.3 Å². The Kier molecular flexibility index (Phi) is 10.7. The number of ether oxygens (including phenoxy) is 1. The van der Waals surface area contributed by atoms with Crippen molar-refractivity contribution in [3.05, 3.63) is 65.7 Å². The van der Waals surface area contributed by atoms with E-state index >= 15 is 0 Å². The van der Waals surface area contributed by atoms with Gasteiger partial charge in [0.15, 0.2) is 0 Å². The highest BCUT2D eigenvalue weighted by molar-refractivity contribution is 5.89. The normalized spacial score (nSPS) is 29.0. The molecular weight excluding hydrogens is 632 g/mol. The second kappa shape index (κ2) is 15.5. The molecule has 8 rings (SSSR count). The highest BCUT2D eigenvalue weighted by Gasteiger charge is 2.47. The summed E-state index contributed by atoms with van der Waals surface area (Å²) in [7, 11) is 1.65. The number of hydrogen-bond donors (Lipinski definition) is 2. The standard InChI is InChI=1S/C39H52N6O5/c1-50-32-10-5-9-28(21-32)25-40-33-15-20-45-36(47)23-30-26-43(17-12-29(30)22-35(46)41-24-27-7-3-2-4-8-27)38(48)34-11-6-16-44(34)31-13-18-42(19-14-31)39(49)37(33)45/h2-5,7-10,21,29-31,33-34,37,40H,6,11-20,22-26H2,1H3,(H,41,46)/t29-,30-,33+,34-,37-/m0/s1. The van der Waals surface area contributed by atoms with Gasteiger partial charge in [0.05, 0.1) is 13.2 Å². The summed E-state index contributed by atoms with van der Waals surface area (Å²) in [6, 6.07) is 17.1. The van der Waals surface area contributed by atoms with Crippen molar-refractivity contribution in [2.24, 2.45) is 11.8 Å². The van der Waals surface area contributed by atoms with E-state index in [1.54, 1.807) is 7.11 Å². The zero-order valence-corrected chi connectivity index (χ0v) is 29.3. The van der Waals surface area contributed by atoms with Crippen molar-refractivity contribution in [1.29, 1.82) is 0 Å². The lowest BCUT2D eigenvalue weighted by Crippen LogP contribution is -2.57. The third-order valence-electron chi connectivity index (χ3n) is 11.9. The van der Waals surface area contributed by atoms with Gasteiger partial charge in [0.1, 0.15) is 11.8 Å². The van der Waals surface area contributed by atoms with Gasteiger partial charge in [0.2, 0.25) is 23.6 Å². The average Bonchev–Trinajstić information content (AvgIpc) is 3.82.